The van der Waals surface area contributed by atoms with E-state index in [2.05, 4.69) is 19.2 Å². The zero-order chi connectivity index (χ0) is 19.1. The van der Waals surface area contributed by atoms with Gasteiger partial charge in [0.25, 0.3) is 0 Å². The van der Waals surface area contributed by atoms with Crippen LogP contribution in [0.1, 0.15) is 49.8 Å². The molecule has 0 aliphatic rings. The fraction of sp³-hybridized carbons (Fsp3) is 0.364. The number of hydrogen-bond acceptors (Lipinski definition) is 2. The lowest BCUT2D eigenvalue weighted by Gasteiger charge is -2.21. The van der Waals surface area contributed by atoms with E-state index < -0.39 is 0 Å². The van der Waals surface area contributed by atoms with Crippen molar-refractivity contribution in [2.24, 2.45) is 0 Å². The number of para-hydroxylation sites is 1. The van der Waals surface area contributed by atoms with Gasteiger partial charge in [0.2, 0.25) is 11.8 Å². The van der Waals surface area contributed by atoms with Gasteiger partial charge in [-0.3, -0.25) is 9.59 Å². The monoisotopic (exact) mass is 352 g/mol. The summed E-state index contributed by atoms with van der Waals surface area (Å²) < 4.78 is 0. The highest BCUT2D eigenvalue weighted by molar-refractivity contribution is 6.04. The summed E-state index contributed by atoms with van der Waals surface area (Å²) in [7, 11) is 0. The molecule has 4 heteroatoms. The molecule has 138 valence electrons. The Morgan fingerprint density at radius 2 is 1.73 bits per heavy atom. The van der Waals surface area contributed by atoms with E-state index in [0.29, 0.717) is 19.0 Å². The first-order chi connectivity index (χ1) is 12.4. The first-order valence-electron chi connectivity index (χ1n) is 9.13. The topological polar surface area (TPSA) is 49.4 Å². The van der Waals surface area contributed by atoms with Crippen molar-refractivity contribution in [3.05, 3.63) is 65.2 Å². The number of rotatable bonds is 7. The van der Waals surface area contributed by atoms with Gasteiger partial charge in [0.05, 0.1) is 0 Å². The summed E-state index contributed by atoms with van der Waals surface area (Å²) in [4.78, 5) is 26.7. The van der Waals surface area contributed by atoms with Crippen LogP contribution in [0.15, 0.2) is 48.5 Å². The number of aryl methyl sites for hydroxylation is 1. The Balaban J connectivity index is 2.04. The molecule has 0 radical (unpaired) electrons. The quantitative estimate of drug-likeness (QED) is 0.746. The third kappa shape index (κ3) is 5.19. The molecular weight excluding hydrogens is 324 g/mol. The van der Waals surface area contributed by atoms with Gasteiger partial charge in [0, 0.05) is 18.8 Å². The normalized spacial score (nSPS) is 10.7. The van der Waals surface area contributed by atoms with Crippen molar-refractivity contribution in [2.75, 3.05) is 11.9 Å². The first kappa shape index (κ1) is 19.7. The van der Waals surface area contributed by atoms with Crippen molar-refractivity contribution < 1.29 is 9.59 Å². The summed E-state index contributed by atoms with van der Waals surface area (Å²) in [5, 5.41) is 2.95. The van der Waals surface area contributed by atoms with Gasteiger partial charge in [-0.1, -0.05) is 62.4 Å². The van der Waals surface area contributed by atoms with Gasteiger partial charge in [-0.2, -0.15) is 0 Å². The molecule has 0 aliphatic heterocycles. The minimum atomic E-state index is -0.266. The molecule has 4 nitrogen and oxygen atoms in total. The van der Waals surface area contributed by atoms with Crippen LogP contribution in [0.3, 0.4) is 0 Å². The van der Waals surface area contributed by atoms with Crippen LogP contribution in [0.25, 0.3) is 0 Å². The van der Waals surface area contributed by atoms with Gasteiger partial charge in [0.1, 0.15) is 6.42 Å². The summed E-state index contributed by atoms with van der Waals surface area (Å²) >= 11 is 0. The van der Waals surface area contributed by atoms with Crippen molar-refractivity contribution >= 4 is 17.5 Å². The number of carbonyl (C=O) groups is 2. The fourth-order valence-electron chi connectivity index (χ4n) is 2.96. The summed E-state index contributed by atoms with van der Waals surface area (Å²) in [6.45, 7) is 9.17. The maximum Gasteiger partial charge on any atom is 0.233 e. The molecule has 2 aromatic rings. The zero-order valence-corrected chi connectivity index (χ0v) is 16.1. The Kier molecular flexibility index (Phi) is 6.96. The fourth-order valence-corrected chi connectivity index (χ4v) is 2.96. The third-order valence-corrected chi connectivity index (χ3v) is 4.45. The van der Waals surface area contributed by atoms with Crippen molar-refractivity contribution in [3.8, 4) is 0 Å². The molecule has 0 bridgehead atoms. The van der Waals surface area contributed by atoms with E-state index in [4.69, 9.17) is 0 Å². The molecular formula is C22H28N2O2. The molecule has 26 heavy (non-hydrogen) atoms. The second-order valence-electron chi connectivity index (χ2n) is 6.81. The van der Waals surface area contributed by atoms with Crippen LogP contribution in [-0.2, 0) is 16.1 Å². The number of amides is 2. The van der Waals surface area contributed by atoms with Crippen LogP contribution in [0.5, 0.6) is 0 Å². The van der Waals surface area contributed by atoms with Crippen molar-refractivity contribution in [1.82, 2.24) is 4.90 Å². The van der Waals surface area contributed by atoms with Crippen molar-refractivity contribution in [3.63, 3.8) is 0 Å². The van der Waals surface area contributed by atoms with Gasteiger partial charge in [-0.05, 0) is 36.5 Å². The Morgan fingerprint density at radius 1 is 1.04 bits per heavy atom. The van der Waals surface area contributed by atoms with Crippen LogP contribution in [0, 0.1) is 6.92 Å². The first-order valence-corrected chi connectivity index (χ1v) is 9.13. The van der Waals surface area contributed by atoms with Crippen molar-refractivity contribution in [1.29, 1.82) is 0 Å². The van der Waals surface area contributed by atoms with E-state index in [1.54, 1.807) is 4.90 Å². The average molecular weight is 352 g/mol. The number of nitrogens with zero attached hydrogens (tertiary/aromatic N) is 1. The summed E-state index contributed by atoms with van der Waals surface area (Å²) in [5.74, 6) is -0.127. The lowest BCUT2D eigenvalue weighted by Crippen LogP contribution is -2.33. The van der Waals surface area contributed by atoms with Crippen molar-refractivity contribution in [2.45, 2.75) is 46.6 Å². The Labute approximate surface area is 156 Å². The van der Waals surface area contributed by atoms with Gasteiger partial charge >= 0.3 is 0 Å². The number of nitrogens with one attached hydrogen (secondary N) is 1. The zero-order valence-electron chi connectivity index (χ0n) is 16.1. The maximum atomic E-state index is 12.5. The van der Waals surface area contributed by atoms with E-state index in [1.807, 2.05) is 62.4 Å². The summed E-state index contributed by atoms with van der Waals surface area (Å²) in [6.07, 6.45) is -0.146. The Bertz CT molecular complexity index is 754. The van der Waals surface area contributed by atoms with Crippen LogP contribution in [0.2, 0.25) is 0 Å². The van der Waals surface area contributed by atoms with E-state index in [0.717, 1.165) is 22.4 Å². The van der Waals surface area contributed by atoms with Crippen LogP contribution < -0.4 is 5.32 Å². The second kappa shape index (κ2) is 9.18. The van der Waals surface area contributed by atoms with Crippen LogP contribution in [-0.4, -0.2) is 23.3 Å². The molecule has 0 unspecified atom stereocenters. The molecule has 0 saturated heterocycles. The molecule has 0 spiro atoms. The number of carbonyl (C=O) groups excluding carboxylic acids is 2. The van der Waals surface area contributed by atoms with Gasteiger partial charge in [0.15, 0.2) is 0 Å². The molecule has 0 saturated carbocycles. The van der Waals surface area contributed by atoms with E-state index in [-0.39, 0.29) is 18.2 Å². The van der Waals surface area contributed by atoms with E-state index in [9.17, 15) is 9.59 Å². The van der Waals surface area contributed by atoms with Gasteiger partial charge in [-0.25, -0.2) is 0 Å². The molecule has 0 atom stereocenters. The lowest BCUT2D eigenvalue weighted by atomic mass is 9.98. The number of anilines is 1. The third-order valence-electron chi connectivity index (χ3n) is 4.45. The predicted octanol–water partition coefficient (Wildman–Crippen LogP) is 4.50. The average Bonchev–Trinajstić information content (AvgIpc) is 2.61. The number of hydrogen-bond donors (Lipinski definition) is 1. The van der Waals surface area contributed by atoms with Gasteiger partial charge < -0.3 is 10.2 Å². The lowest BCUT2D eigenvalue weighted by molar-refractivity contribution is -0.134. The Morgan fingerprint density at radius 3 is 2.35 bits per heavy atom. The maximum absolute atomic E-state index is 12.5. The molecule has 0 aromatic heterocycles. The van der Waals surface area contributed by atoms with Crippen LogP contribution >= 0.6 is 0 Å². The highest BCUT2D eigenvalue weighted by atomic mass is 16.2. The van der Waals surface area contributed by atoms with Crippen LogP contribution in [0.4, 0.5) is 5.69 Å². The standard InChI is InChI=1S/C22H28N2O2/c1-5-24(15-18-11-7-6-8-12-18)21(26)14-20(25)23-22-17(4)10-9-13-19(22)16(2)3/h6-13,16H,5,14-15H2,1-4H3,(H,23,25). The second-order valence-corrected chi connectivity index (χ2v) is 6.81. The molecule has 2 rings (SSSR count). The number of benzene rings is 2. The molecule has 0 fully saturated rings. The Hall–Kier alpha value is -2.62. The molecule has 2 amide bonds. The van der Waals surface area contributed by atoms with E-state index in [1.165, 1.54) is 0 Å². The largest absolute Gasteiger partial charge is 0.338 e. The van der Waals surface area contributed by atoms with E-state index >= 15 is 0 Å². The minimum absolute atomic E-state index is 0.146. The minimum Gasteiger partial charge on any atom is -0.338 e. The highest BCUT2D eigenvalue weighted by Crippen LogP contribution is 2.27. The smallest absolute Gasteiger partial charge is 0.233 e. The molecule has 1 N–H and O–H groups in total. The predicted molar refractivity (Wildman–Crippen MR) is 106 cm³/mol. The molecule has 0 heterocycles. The highest BCUT2D eigenvalue weighted by Gasteiger charge is 2.18. The SMILES string of the molecule is CCN(Cc1ccccc1)C(=O)CC(=O)Nc1c(C)cccc1C(C)C. The van der Waals surface area contributed by atoms with Gasteiger partial charge in [-0.15, -0.1) is 0 Å². The summed E-state index contributed by atoms with van der Waals surface area (Å²) in [5.41, 5.74) is 3.98. The molecule has 0 aliphatic carbocycles. The summed E-state index contributed by atoms with van der Waals surface area (Å²) in [6, 6.07) is 15.8. The molecule has 2 aromatic carbocycles.